The van der Waals surface area contributed by atoms with E-state index in [-0.39, 0.29) is 11.7 Å². The molecule has 2 aliphatic rings. The molecule has 2 heterocycles. The maximum Gasteiger partial charge on any atom is 0.254 e. The van der Waals surface area contributed by atoms with Crippen LogP contribution < -0.4 is 0 Å². The van der Waals surface area contributed by atoms with Crippen LogP contribution >= 0.6 is 0 Å². The Balaban J connectivity index is 1.24. The Morgan fingerprint density at radius 1 is 0.941 bits per heavy atom. The van der Waals surface area contributed by atoms with Gasteiger partial charge in [0, 0.05) is 25.2 Å². The molecule has 2 aliphatic heterocycles. The van der Waals surface area contributed by atoms with E-state index in [0.29, 0.717) is 23.7 Å². The van der Waals surface area contributed by atoms with E-state index in [0.717, 1.165) is 61.9 Å². The van der Waals surface area contributed by atoms with Gasteiger partial charge >= 0.3 is 0 Å². The third kappa shape index (κ3) is 4.74. The van der Waals surface area contributed by atoms with Crippen molar-refractivity contribution in [3.63, 3.8) is 0 Å². The summed E-state index contributed by atoms with van der Waals surface area (Å²) in [6.45, 7) is 9.47. The van der Waals surface area contributed by atoms with Crippen molar-refractivity contribution in [1.29, 1.82) is 0 Å². The molecule has 178 valence electrons. The number of amides is 1. The molecule has 34 heavy (non-hydrogen) atoms. The molecule has 2 fully saturated rings. The van der Waals surface area contributed by atoms with Crippen molar-refractivity contribution >= 4 is 16.7 Å². The van der Waals surface area contributed by atoms with Gasteiger partial charge in [0.1, 0.15) is 5.82 Å². The largest absolute Gasteiger partial charge is 0.338 e. The molecular weight excluding hydrogens is 423 g/mol. The minimum atomic E-state index is -0.162. The highest BCUT2D eigenvalue weighted by molar-refractivity contribution is 6.07. The molecule has 0 N–H and O–H groups in total. The van der Waals surface area contributed by atoms with Gasteiger partial charge in [0.2, 0.25) is 0 Å². The highest BCUT2D eigenvalue weighted by Crippen LogP contribution is 2.34. The molecule has 0 bridgehead atoms. The van der Waals surface area contributed by atoms with Gasteiger partial charge in [-0.2, -0.15) is 0 Å². The molecule has 5 rings (SSSR count). The number of hydrogen-bond donors (Lipinski definition) is 0. The van der Waals surface area contributed by atoms with E-state index < -0.39 is 0 Å². The second-order valence-electron chi connectivity index (χ2n) is 10.5. The lowest BCUT2D eigenvalue weighted by Crippen LogP contribution is -2.39. The fourth-order valence-electron chi connectivity index (χ4n) is 6.11. The molecule has 0 aromatic heterocycles. The van der Waals surface area contributed by atoms with Crippen molar-refractivity contribution in [1.82, 2.24) is 9.80 Å². The summed E-state index contributed by atoms with van der Waals surface area (Å²) >= 11 is 0. The van der Waals surface area contributed by atoms with E-state index in [4.69, 9.17) is 0 Å². The molecule has 3 aromatic rings. The van der Waals surface area contributed by atoms with Crippen LogP contribution in [0.4, 0.5) is 4.39 Å². The summed E-state index contributed by atoms with van der Waals surface area (Å²) in [6, 6.07) is 21.3. The predicted molar refractivity (Wildman–Crippen MR) is 136 cm³/mol. The van der Waals surface area contributed by atoms with Crippen LogP contribution in [0.2, 0.25) is 0 Å². The molecule has 0 spiro atoms. The fraction of sp³-hybridized carbons (Fsp3) is 0.433. The van der Waals surface area contributed by atoms with Crippen molar-refractivity contribution in [2.45, 2.75) is 32.6 Å². The Hall–Kier alpha value is -2.72. The van der Waals surface area contributed by atoms with Gasteiger partial charge in [-0.3, -0.25) is 4.79 Å². The normalized spacial score (nSPS) is 22.1. The number of halogens is 1. The topological polar surface area (TPSA) is 23.6 Å². The van der Waals surface area contributed by atoms with Crippen LogP contribution in [0.5, 0.6) is 0 Å². The summed E-state index contributed by atoms with van der Waals surface area (Å²) in [5.74, 6) is 2.09. The van der Waals surface area contributed by atoms with Gasteiger partial charge in [0.25, 0.3) is 5.91 Å². The van der Waals surface area contributed by atoms with E-state index in [1.165, 1.54) is 5.56 Å². The zero-order valence-electron chi connectivity index (χ0n) is 20.3. The van der Waals surface area contributed by atoms with E-state index in [2.05, 4.69) is 41.8 Å². The van der Waals surface area contributed by atoms with Gasteiger partial charge in [0.15, 0.2) is 0 Å². The number of likely N-dealkylation sites (tertiary alicyclic amines) is 2. The monoisotopic (exact) mass is 458 g/mol. The smallest absolute Gasteiger partial charge is 0.254 e. The van der Waals surface area contributed by atoms with Gasteiger partial charge in [-0.1, -0.05) is 62.4 Å². The molecule has 1 amide bonds. The maximum atomic E-state index is 13.6. The minimum absolute atomic E-state index is 0.162. The van der Waals surface area contributed by atoms with Gasteiger partial charge in [0.05, 0.1) is 0 Å². The van der Waals surface area contributed by atoms with Gasteiger partial charge in [-0.15, -0.1) is 0 Å². The van der Waals surface area contributed by atoms with Crippen molar-refractivity contribution < 1.29 is 9.18 Å². The van der Waals surface area contributed by atoms with E-state index >= 15 is 0 Å². The summed E-state index contributed by atoms with van der Waals surface area (Å²) in [7, 11) is 0. The third-order valence-corrected chi connectivity index (χ3v) is 8.08. The molecule has 0 saturated carbocycles. The maximum absolute atomic E-state index is 13.6. The number of piperidine rings is 1. The lowest BCUT2D eigenvalue weighted by Gasteiger charge is -2.35. The Kier molecular flexibility index (Phi) is 6.69. The summed E-state index contributed by atoms with van der Waals surface area (Å²) < 4.78 is 13.3. The zero-order valence-corrected chi connectivity index (χ0v) is 20.3. The third-order valence-electron chi connectivity index (χ3n) is 8.08. The van der Waals surface area contributed by atoms with Gasteiger partial charge < -0.3 is 9.80 Å². The highest BCUT2D eigenvalue weighted by atomic mass is 19.1. The Labute approximate surface area is 202 Å². The Morgan fingerprint density at radius 3 is 2.38 bits per heavy atom. The Bertz CT molecular complexity index is 1130. The average Bonchev–Trinajstić information content (AvgIpc) is 3.28. The number of rotatable bonds is 5. The Morgan fingerprint density at radius 2 is 1.65 bits per heavy atom. The summed E-state index contributed by atoms with van der Waals surface area (Å²) in [5, 5.41) is 2.16. The molecule has 3 aromatic carbocycles. The fourth-order valence-corrected chi connectivity index (χ4v) is 6.11. The molecule has 4 heteroatoms. The molecule has 2 saturated heterocycles. The van der Waals surface area contributed by atoms with E-state index in [1.807, 2.05) is 36.4 Å². The standard InChI is InChI=1S/C30H35FN2O/c1-21(2)29-20-33(30(34)28-9-5-7-24-6-3-4-8-27(24)28)19-25(29)18-32-16-14-23(15-17-32)22-10-12-26(31)13-11-22/h3-13,21,23,25,29H,14-20H2,1-2H3. The first-order valence-corrected chi connectivity index (χ1v) is 12.7. The number of carbonyl (C=O) groups is 1. The number of fused-ring (bicyclic) bond motifs is 1. The summed E-state index contributed by atoms with van der Waals surface area (Å²) in [5.41, 5.74) is 2.08. The molecule has 3 nitrogen and oxygen atoms in total. The summed E-state index contributed by atoms with van der Waals surface area (Å²) in [4.78, 5) is 18.3. The van der Waals surface area contributed by atoms with Crippen molar-refractivity contribution in [3.8, 4) is 0 Å². The molecule has 2 atom stereocenters. The number of benzene rings is 3. The highest BCUT2D eigenvalue weighted by Gasteiger charge is 2.38. The van der Waals surface area contributed by atoms with Gasteiger partial charge in [-0.05, 0) is 84.1 Å². The molecule has 2 unspecified atom stereocenters. The number of hydrogen-bond acceptors (Lipinski definition) is 2. The van der Waals surface area contributed by atoms with E-state index in [1.54, 1.807) is 12.1 Å². The zero-order chi connectivity index (χ0) is 23.7. The van der Waals surface area contributed by atoms with Crippen molar-refractivity contribution in [2.24, 2.45) is 17.8 Å². The minimum Gasteiger partial charge on any atom is -0.338 e. The molecule has 0 radical (unpaired) electrons. The predicted octanol–water partition coefficient (Wildman–Crippen LogP) is 6.20. The lowest BCUT2D eigenvalue weighted by atomic mass is 9.84. The van der Waals surface area contributed by atoms with Crippen LogP contribution in [0.1, 0.15) is 48.5 Å². The number of carbonyl (C=O) groups excluding carboxylic acids is 1. The van der Waals surface area contributed by atoms with Crippen LogP contribution in [0, 0.1) is 23.6 Å². The molecule has 0 aliphatic carbocycles. The van der Waals surface area contributed by atoms with E-state index in [9.17, 15) is 9.18 Å². The first-order chi connectivity index (χ1) is 16.5. The van der Waals surface area contributed by atoms with Crippen molar-refractivity contribution in [2.75, 3.05) is 32.7 Å². The van der Waals surface area contributed by atoms with Crippen LogP contribution in [-0.2, 0) is 0 Å². The quantitative estimate of drug-likeness (QED) is 0.454. The second-order valence-corrected chi connectivity index (χ2v) is 10.5. The van der Waals surface area contributed by atoms with Crippen molar-refractivity contribution in [3.05, 3.63) is 83.7 Å². The lowest BCUT2D eigenvalue weighted by molar-refractivity contribution is 0.0781. The second kappa shape index (κ2) is 9.87. The summed E-state index contributed by atoms with van der Waals surface area (Å²) in [6.07, 6.45) is 2.23. The van der Waals surface area contributed by atoms with Gasteiger partial charge in [-0.25, -0.2) is 4.39 Å². The van der Waals surface area contributed by atoms with Crippen LogP contribution in [-0.4, -0.2) is 48.4 Å². The first-order valence-electron chi connectivity index (χ1n) is 12.7. The van der Waals surface area contributed by atoms with Crippen LogP contribution in [0.15, 0.2) is 66.7 Å². The van der Waals surface area contributed by atoms with Crippen LogP contribution in [0.25, 0.3) is 10.8 Å². The number of nitrogens with zero attached hydrogens (tertiary/aromatic N) is 2. The first kappa shape index (κ1) is 23.0. The SMILES string of the molecule is CC(C)C1CN(C(=O)c2cccc3ccccc23)CC1CN1CCC(c2ccc(F)cc2)CC1. The molecular formula is C30H35FN2O. The average molecular weight is 459 g/mol. The van der Waals surface area contributed by atoms with Crippen LogP contribution in [0.3, 0.4) is 0 Å².